The molecule has 0 bridgehead atoms. The number of hydrogen-bond donors (Lipinski definition) is 1. The summed E-state index contributed by atoms with van der Waals surface area (Å²) in [5.41, 5.74) is 3.56. The van der Waals surface area contributed by atoms with Gasteiger partial charge in [-0.15, -0.1) is 11.3 Å². The van der Waals surface area contributed by atoms with Crippen LogP contribution in [0.25, 0.3) is 16.2 Å². The molecule has 1 aliphatic carbocycles. The van der Waals surface area contributed by atoms with E-state index in [2.05, 4.69) is 10.3 Å². The summed E-state index contributed by atoms with van der Waals surface area (Å²) in [6, 6.07) is 18.0. The molecular formula is C21H17N3OS. The summed E-state index contributed by atoms with van der Waals surface area (Å²) in [4.78, 5) is 18.4. The van der Waals surface area contributed by atoms with Crippen molar-refractivity contribution in [1.82, 2.24) is 9.38 Å². The van der Waals surface area contributed by atoms with Crippen molar-refractivity contribution in [2.24, 2.45) is 0 Å². The fraction of sp³-hybridized carbons (Fsp3) is 0.143. The van der Waals surface area contributed by atoms with Crippen molar-refractivity contribution in [2.75, 3.05) is 5.32 Å². The van der Waals surface area contributed by atoms with Crippen molar-refractivity contribution in [3.8, 4) is 11.3 Å². The summed E-state index contributed by atoms with van der Waals surface area (Å²) < 4.78 is 2.02. The third-order valence-corrected chi connectivity index (χ3v) is 5.81. The van der Waals surface area contributed by atoms with Gasteiger partial charge in [-0.1, -0.05) is 42.5 Å². The molecule has 1 amide bonds. The van der Waals surface area contributed by atoms with E-state index < -0.39 is 0 Å². The lowest BCUT2D eigenvalue weighted by atomic mass is 9.95. The van der Waals surface area contributed by atoms with Crippen LogP contribution >= 0.6 is 11.3 Å². The van der Waals surface area contributed by atoms with E-state index in [0.29, 0.717) is 0 Å². The lowest BCUT2D eigenvalue weighted by Crippen LogP contribution is -2.27. The molecule has 26 heavy (non-hydrogen) atoms. The van der Waals surface area contributed by atoms with E-state index in [1.165, 1.54) is 0 Å². The highest BCUT2D eigenvalue weighted by Gasteiger charge is 2.51. The minimum atomic E-state index is -0.353. The van der Waals surface area contributed by atoms with Gasteiger partial charge in [0.15, 0.2) is 4.96 Å². The van der Waals surface area contributed by atoms with Gasteiger partial charge in [0.2, 0.25) is 5.91 Å². The van der Waals surface area contributed by atoms with Crippen molar-refractivity contribution in [3.05, 3.63) is 77.9 Å². The van der Waals surface area contributed by atoms with Gasteiger partial charge in [-0.25, -0.2) is 4.98 Å². The summed E-state index contributed by atoms with van der Waals surface area (Å²) >= 11 is 1.62. The molecule has 2 aromatic carbocycles. The number of anilines is 1. The Labute approximate surface area is 155 Å². The van der Waals surface area contributed by atoms with Gasteiger partial charge >= 0.3 is 0 Å². The number of amides is 1. The molecule has 0 unspecified atom stereocenters. The SMILES string of the molecule is O=C(Nc1ccc(-c2cn3ccsc3n2)cc1)C1(c2ccccc2)CC1. The minimum absolute atomic E-state index is 0.0824. The van der Waals surface area contributed by atoms with Crippen LogP contribution in [0, 0.1) is 0 Å². The Morgan fingerprint density at radius 1 is 1.08 bits per heavy atom. The maximum Gasteiger partial charge on any atom is 0.235 e. The van der Waals surface area contributed by atoms with Crippen LogP contribution in [0.1, 0.15) is 18.4 Å². The highest BCUT2D eigenvalue weighted by Crippen LogP contribution is 2.48. The Balaban J connectivity index is 1.35. The number of imidazole rings is 1. The number of hydrogen-bond acceptors (Lipinski definition) is 3. The van der Waals surface area contributed by atoms with Crippen LogP contribution in [0.5, 0.6) is 0 Å². The van der Waals surface area contributed by atoms with Crippen molar-refractivity contribution in [3.63, 3.8) is 0 Å². The zero-order chi connectivity index (χ0) is 17.6. The molecule has 1 N–H and O–H groups in total. The first-order valence-electron chi connectivity index (χ1n) is 8.64. The molecule has 4 nitrogen and oxygen atoms in total. The number of carbonyl (C=O) groups excluding carboxylic acids is 1. The van der Waals surface area contributed by atoms with E-state index in [-0.39, 0.29) is 11.3 Å². The third-order valence-electron chi connectivity index (χ3n) is 5.04. The van der Waals surface area contributed by atoms with Crippen LogP contribution in [0.4, 0.5) is 5.69 Å². The maximum absolute atomic E-state index is 12.8. The number of carbonyl (C=O) groups is 1. The van der Waals surface area contributed by atoms with Gasteiger partial charge in [-0.3, -0.25) is 9.20 Å². The van der Waals surface area contributed by atoms with Gasteiger partial charge in [0.25, 0.3) is 0 Å². The molecule has 0 saturated heterocycles. The predicted molar refractivity (Wildman–Crippen MR) is 104 cm³/mol. The number of aromatic nitrogens is 2. The van der Waals surface area contributed by atoms with Crippen LogP contribution < -0.4 is 5.32 Å². The number of nitrogens with zero attached hydrogens (tertiary/aromatic N) is 2. The van der Waals surface area contributed by atoms with E-state index in [1.54, 1.807) is 11.3 Å². The highest BCUT2D eigenvalue weighted by atomic mass is 32.1. The summed E-state index contributed by atoms with van der Waals surface area (Å²) in [7, 11) is 0. The molecule has 5 rings (SSSR count). The largest absolute Gasteiger partial charge is 0.325 e. The van der Waals surface area contributed by atoms with E-state index in [0.717, 1.165) is 40.3 Å². The van der Waals surface area contributed by atoms with Crippen LogP contribution in [0.2, 0.25) is 0 Å². The molecule has 1 fully saturated rings. The Kier molecular flexibility index (Phi) is 3.43. The zero-order valence-electron chi connectivity index (χ0n) is 14.1. The number of fused-ring (bicyclic) bond motifs is 1. The normalized spacial score (nSPS) is 15.1. The van der Waals surface area contributed by atoms with Gasteiger partial charge in [0.1, 0.15) is 0 Å². The molecule has 0 spiro atoms. The molecular weight excluding hydrogens is 342 g/mol. The first-order valence-corrected chi connectivity index (χ1v) is 9.52. The third kappa shape index (κ3) is 2.52. The van der Waals surface area contributed by atoms with Gasteiger partial charge < -0.3 is 5.32 Å². The topological polar surface area (TPSA) is 46.4 Å². The molecule has 128 valence electrons. The Morgan fingerprint density at radius 3 is 2.54 bits per heavy atom. The lowest BCUT2D eigenvalue weighted by molar-refractivity contribution is -0.118. The van der Waals surface area contributed by atoms with Gasteiger partial charge in [-0.05, 0) is 30.5 Å². The Hall–Kier alpha value is -2.92. The second-order valence-electron chi connectivity index (χ2n) is 6.70. The molecule has 4 aromatic rings. The van der Waals surface area contributed by atoms with Crippen molar-refractivity contribution in [2.45, 2.75) is 18.3 Å². The van der Waals surface area contributed by atoms with E-state index in [4.69, 9.17) is 0 Å². The van der Waals surface area contributed by atoms with Gasteiger partial charge in [0, 0.05) is 29.0 Å². The highest BCUT2D eigenvalue weighted by molar-refractivity contribution is 7.15. The van der Waals surface area contributed by atoms with Crippen molar-refractivity contribution < 1.29 is 4.79 Å². The standard InChI is InChI=1S/C21H17N3OS/c25-19(21(10-11-21)16-4-2-1-3-5-16)22-17-8-6-15(7-9-17)18-14-24-12-13-26-20(24)23-18/h1-9,12-14H,10-11H2,(H,22,25). The number of thiazole rings is 1. The molecule has 2 heterocycles. The van der Waals surface area contributed by atoms with Gasteiger partial charge in [0.05, 0.1) is 11.1 Å². The molecule has 2 aromatic heterocycles. The first-order chi connectivity index (χ1) is 12.7. The van der Waals surface area contributed by atoms with Crippen LogP contribution in [0.15, 0.2) is 72.4 Å². The van der Waals surface area contributed by atoms with Crippen molar-refractivity contribution in [1.29, 1.82) is 0 Å². The first kappa shape index (κ1) is 15.3. The zero-order valence-corrected chi connectivity index (χ0v) is 14.9. The molecule has 1 saturated carbocycles. The predicted octanol–water partition coefficient (Wildman–Crippen LogP) is 4.73. The smallest absolute Gasteiger partial charge is 0.235 e. The lowest BCUT2D eigenvalue weighted by Gasteiger charge is -2.16. The Bertz CT molecular complexity index is 1050. The molecule has 1 aliphatic rings. The number of nitrogens with one attached hydrogen (secondary N) is 1. The molecule has 0 atom stereocenters. The molecule has 0 radical (unpaired) electrons. The summed E-state index contributed by atoms with van der Waals surface area (Å²) in [6.45, 7) is 0. The number of benzene rings is 2. The van der Waals surface area contributed by atoms with Crippen molar-refractivity contribution >= 4 is 27.9 Å². The quantitative estimate of drug-likeness (QED) is 0.572. The minimum Gasteiger partial charge on any atom is -0.325 e. The molecule has 0 aliphatic heterocycles. The maximum atomic E-state index is 12.8. The average Bonchev–Trinajstić information content (AvgIpc) is 3.22. The summed E-state index contributed by atoms with van der Waals surface area (Å²) in [5, 5.41) is 5.10. The van der Waals surface area contributed by atoms with Crippen LogP contribution in [-0.4, -0.2) is 15.3 Å². The average molecular weight is 359 g/mol. The summed E-state index contributed by atoms with van der Waals surface area (Å²) in [6.07, 6.45) is 5.84. The second kappa shape index (κ2) is 5.81. The van der Waals surface area contributed by atoms with Crippen LogP contribution in [-0.2, 0) is 10.2 Å². The van der Waals surface area contributed by atoms with E-state index in [1.807, 2.05) is 76.8 Å². The van der Waals surface area contributed by atoms with Crippen LogP contribution in [0.3, 0.4) is 0 Å². The number of rotatable bonds is 4. The molecule has 5 heteroatoms. The van der Waals surface area contributed by atoms with Gasteiger partial charge in [-0.2, -0.15) is 0 Å². The fourth-order valence-corrected chi connectivity index (χ4v) is 4.07. The monoisotopic (exact) mass is 359 g/mol. The van der Waals surface area contributed by atoms with E-state index >= 15 is 0 Å². The summed E-state index contributed by atoms with van der Waals surface area (Å²) in [5.74, 6) is 0.0824. The Morgan fingerprint density at radius 2 is 1.85 bits per heavy atom. The second-order valence-corrected chi connectivity index (χ2v) is 7.57. The van der Waals surface area contributed by atoms with E-state index in [9.17, 15) is 4.79 Å². The fourth-order valence-electron chi connectivity index (χ4n) is 3.37.